The number of halogens is 2. The van der Waals surface area contributed by atoms with E-state index in [1.165, 1.54) is 0 Å². The van der Waals surface area contributed by atoms with Gasteiger partial charge in [0.15, 0.2) is 0 Å². The minimum atomic E-state index is -0.0756. The molecule has 0 saturated heterocycles. The lowest BCUT2D eigenvalue weighted by molar-refractivity contribution is 0.0420. The van der Waals surface area contributed by atoms with Crippen LogP contribution in [0, 0.1) is 5.92 Å². The maximum absolute atomic E-state index is 9.22. The Morgan fingerprint density at radius 1 is 1.53 bits per heavy atom. The molecule has 0 amide bonds. The monoisotopic (exact) mass is 317 g/mol. The minimum Gasteiger partial charge on any atom is -0.393 e. The number of hydrogen-bond donors (Lipinski definition) is 2. The summed E-state index contributed by atoms with van der Waals surface area (Å²) < 4.78 is 1.00. The summed E-state index contributed by atoms with van der Waals surface area (Å²) in [6, 6.07) is 6.21. The van der Waals surface area contributed by atoms with Crippen LogP contribution < -0.4 is 5.32 Å². The lowest BCUT2D eigenvalue weighted by atomic mass is 9.82. The maximum atomic E-state index is 9.22. The van der Waals surface area contributed by atoms with Gasteiger partial charge in [-0.25, -0.2) is 0 Å². The molecule has 94 valence electrons. The van der Waals surface area contributed by atoms with Gasteiger partial charge in [0.2, 0.25) is 0 Å². The molecular weight excluding hydrogens is 302 g/mol. The highest BCUT2D eigenvalue weighted by Crippen LogP contribution is 2.29. The molecule has 1 aromatic rings. The third-order valence-electron chi connectivity index (χ3n) is 3.35. The molecule has 1 aromatic carbocycles. The lowest BCUT2D eigenvalue weighted by Gasteiger charge is -2.32. The molecule has 4 heteroatoms. The maximum Gasteiger partial charge on any atom is 0.0546 e. The van der Waals surface area contributed by atoms with E-state index in [1.807, 2.05) is 18.2 Å². The SMILES string of the molecule is CC(NCC1CC(O)C1)c1ccc(Br)cc1Cl. The standard InChI is InChI=1S/C13H17BrClNO/c1-8(16-7-9-4-11(17)5-9)12-3-2-10(14)6-13(12)15/h2-3,6,8-9,11,16-17H,4-5,7H2,1H3. The molecule has 2 rings (SSSR count). The van der Waals surface area contributed by atoms with Crippen LogP contribution in [-0.2, 0) is 0 Å². The van der Waals surface area contributed by atoms with E-state index < -0.39 is 0 Å². The lowest BCUT2D eigenvalue weighted by Crippen LogP contribution is -2.37. The van der Waals surface area contributed by atoms with E-state index in [4.69, 9.17) is 11.6 Å². The molecule has 1 aliphatic carbocycles. The largest absolute Gasteiger partial charge is 0.393 e. The molecule has 2 N–H and O–H groups in total. The van der Waals surface area contributed by atoms with Crippen molar-refractivity contribution in [3.63, 3.8) is 0 Å². The van der Waals surface area contributed by atoms with Gasteiger partial charge in [0.1, 0.15) is 0 Å². The van der Waals surface area contributed by atoms with Crippen LogP contribution in [0.3, 0.4) is 0 Å². The molecule has 1 fully saturated rings. The fraction of sp³-hybridized carbons (Fsp3) is 0.538. The Hall–Kier alpha value is -0.0900. The summed E-state index contributed by atoms with van der Waals surface area (Å²) in [5.74, 6) is 0.613. The van der Waals surface area contributed by atoms with E-state index in [2.05, 4.69) is 28.2 Å². The van der Waals surface area contributed by atoms with Crippen LogP contribution in [0.1, 0.15) is 31.4 Å². The van der Waals surface area contributed by atoms with Crippen LogP contribution in [0.15, 0.2) is 22.7 Å². The van der Waals surface area contributed by atoms with E-state index in [0.717, 1.165) is 34.4 Å². The molecule has 0 aromatic heterocycles. The van der Waals surface area contributed by atoms with Gasteiger partial charge in [-0.05, 0) is 49.9 Å². The average Bonchev–Trinajstić information content (AvgIpc) is 2.22. The van der Waals surface area contributed by atoms with Gasteiger partial charge in [-0.1, -0.05) is 33.6 Å². The fourth-order valence-corrected chi connectivity index (χ4v) is 3.01. The third kappa shape index (κ3) is 3.44. The van der Waals surface area contributed by atoms with Crippen molar-refractivity contribution in [1.82, 2.24) is 5.32 Å². The number of nitrogens with one attached hydrogen (secondary N) is 1. The van der Waals surface area contributed by atoms with E-state index in [1.54, 1.807) is 0 Å². The number of hydrogen-bond acceptors (Lipinski definition) is 2. The van der Waals surface area contributed by atoms with E-state index in [-0.39, 0.29) is 12.1 Å². The van der Waals surface area contributed by atoms with E-state index >= 15 is 0 Å². The van der Waals surface area contributed by atoms with Crippen molar-refractivity contribution in [2.24, 2.45) is 5.92 Å². The summed E-state index contributed by atoms with van der Waals surface area (Å²) in [6.07, 6.45) is 1.77. The smallest absolute Gasteiger partial charge is 0.0546 e. The van der Waals surface area contributed by atoms with E-state index in [9.17, 15) is 5.11 Å². The Balaban J connectivity index is 1.88. The molecule has 1 unspecified atom stereocenters. The molecule has 0 spiro atoms. The topological polar surface area (TPSA) is 32.3 Å². The Morgan fingerprint density at radius 2 is 2.24 bits per heavy atom. The molecule has 1 atom stereocenters. The Bertz CT molecular complexity index is 393. The first-order valence-corrected chi connectivity index (χ1v) is 7.09. The van der Waals surface area contributed by atoms with Crippen LogP contribution in [0.2, 0.25) is 5.02 Å². The van der Waals surface area contributed by atoms with Gasteiger partial charge in [0.25, 0.3) is 0 Å². The quantitative estimate of drug-likeness (QED) is 0.890. The summed E-state index contributed by atoms with van der Waals surface area (Å²) >= 11 is 9.60. The van der Waals surface area contributed by atoms with Gasteiger partial charge < -0.3 is 10.4 Å². The average molecular weight is 319 g/mol. The molecule has 0 aliphatic heterocycles. The molecule has 1 saturated carbocycles. The van der Waals surface area contributed by atoms with E-state index in [0.29, 0.717) is 5.92 Å². The molecule has 1 aliphatic rings. The van der Waals surface area contributed by atoms with Crippen LogP contribution in [-0.4, -0.2) is 17.8 Å². The molecule has 0 heterocycles. The van der Waals surface area contributed by atoms with Gasteiger partial charge in [0.05, 0.1) is 6.10 Å². The first-order chi connectivity index (χ1) is 8.06. The number of rotatable bonds is 4. The van der Waals surface area contributed by atoms with Crippen molar-refractivity contribution >= 4 is 27.5 Å². The summed E-state index contributed by atoms with van der Waals surface area (Å²) in [6.45, 7) is 3.06. The first-order valence-electron chi connectivity index (χ1n) is 5.92. The second-order valence-corrected chi connectivity index (χ2v) is 6.11. The summed E-state index contributed by atoms with van der Waals surface area (Å²) in [4.78, 5) is 0. The van der Waals surface area contributed by atoms with Crippen molar-refractivity contribution < 1.29 is 5.11 Å². The predicted octanol–water partition coefficient (Wildman–Crippen LogP) is 3.52. The zero-order valence-corrected chi connectivity index (χ0v) is 12.1. The Kier molecular flexibility index (Phi) is 4.47. The number of benzene rings is 1. The van der Waals surface area contributed by atoms with Gasteiger partial charge in [-0.3, -0.25) is 0 Å². The van der Waals surface area contributed by atoms with Crippen molar-refractivity contribution in [2.75, 3.05) is 6.54 Å². The molecule has 0 radical (unpaired) electrons. The van der Waals surface area contributed by atoms with Crippen LogP contribution >= 0.6 is 27.5 Å². The summed E-state index contributed by atoms with van der Waals surface area (Å²) in [5.41, 5.74) is 1.12. The predicted molar refractivity (Wildman–Crippen MR) is 74.3 cm³/mol. The molecule has 0 bridgehead atoms. The highest BCUT2D eigenvalue weighted by atomic mass is 79.9. The second-order valence-electron chi connectivity index (χ2n) is 4.79. The molecule has 2 nitrogen and oxygen atoms in total. The fourth-order valence-electron chi connectivity index (χ4n) is 2.17. The van der Waals surface area contributed by atoms with Gasteiger partial charge in [-0.2, -0.15) is 0 Å². The van der Waals surface area contributed by atoms with Crippen molar-refractivity contribution in [3.05, 3.63) is 33.3 Å². The minimum absolute atomic E-state index is 0.0756. The Labute approximate surface area is 115 Å². The zero-order chi connectivity index (χ0) is 12.4. The van der Waals surface area contributed by atoms with Crippen molar-refractivity contribution in [1.29, 1.82) is 0 Å². The van der Waals surface area contributed by atoms with Crippen LogP contribution in [0.4, 0.5) is 0 Å². The van der Waals surface area contributed by atoms with Crippen molar-refractivity contribution in [2.45, 2.75) is 31.9 Å². The van der Waals surface area contributed by atoms with Gasteiger partial charge in [0, 0.05) is 15.5 Å². The van der Waals surface area contributed by atoms with Crippen LogP contribution in [0.5, 0.6) is 0 Å². The highest BCUT2D eigenvalue weighted by Gasteiger charge is 2.27. The molecule has 17 heavy (non-hydrogen) atoms. The van der Waals surface area contributed by atoms with Gasteiger partial charge >= 0.3 is 0 Å². The Morgan fingerprint density at radius 3 is 2.82 bits per heavy atom. The highest BCUT2D eigenvalue weighted by molar-refractivity contribution is 9.10. The second kappa shape index (κ2) is 5.70. The third-order valence-corrected chi connectivity index (χ3v) is 4.17. The number of aliphatic hydroxyl groups excluding tert-OH is 1. The molecular formula is C13H17BrClNO. The van der Waals surface area contributed by atoms with Crippen LogP contribution in [0.25, 0.3) is 0 Å². The van der Waals surface area contributed by atoms with Crippen molar-refractivity contribution in [3.8, 4) is 0 Å². The normalized spacial score (nSPS) is 25.4. The summed E-state index contributed by atoms with van der Waals surface area (Å²) in [5, 5.41) is 13.5. The zero-order valence-electron chi connectivity index (χ0n) is 9.79. The number of aliphatic hydroxyl groups is 1. The van der Waals surface area contributed by atoms with Gasteiger partial charge in [-0.15, -0.1) is 0 Å². The first kappa shape index (κ1) is 13.3. The summed E-state index contributed by atoms with van der Waals surface area (Å²) in [7, 11) is 0.